The van der Waals surface area contributed by atoms with Crippen LogP contribution in [0.2, 0.25) is 0 Å². The maximum atomic E-state index is 12.6. The summed E-state index contributed by atoms with van der Waals surface area (Å²) in [6.45, 7) is 1.61. The molecule has 136 valence electrons. The molecule has 3 fully saturated rings. The van der Waals surface area contributed by atoms with Gasteiger partial charge in [-0.25, -0.2) is 0 Å². The lowest BCUT2D eigenvalue weighted by Gasteiger charge is -2.40. The zero-order chi connectivity index (χ0) is 17.8. The minimum atomic E-state index is 0.0485. The van der Waals surface area contributed by atoms with Crippen molar-refractivity contribution in [2.75, 3.05) is 5.32 Å². The van der Waals surface area contributed by atoms with Gasteiger partial charge in [0.25, 0.3) is 0 Å². The molecule has 3 heterocycles. The fourth-order valence-electron chi connectivity index (χ4n) is 5.02. The smallest absolute Gasteiger partial charge is 0.226 e. The second-order valence-electron chi connectivity index (χ2n) is 8.29. The second kappa shape index (κ2) is 5.93. The summed E-state index contributed by atoms with van der Waals surface area (Å²) in [4.78, 5) is 31.4. The molecule has 0 spiro atoms. The molecule has 2 saturated heterocycles. The van der Waals surface area contributed by atoms with Crippen LogP contribution in [-0.2, 0) is 11.2 Å². The second-order valence-corrected chi connectivity index (χ2v) is 8.29. The standard InChI is InChI=1S/C21H25N3O2/c1-12(25)18-11-22-19-4-2-3-17(19)20(18)23-14-9-15-7-8-16(10-14)24(15)21(26)13-5-6-13/h2-3,11,13-16H,4-10H2,1H3,(H,22,23)/t15-,16-/m0/s1. The van der Waals surface area contributed by atoms with Crippen LogP contribution in [0.25, 0.3) is 6.08 Å². The molecule has 1 aromatic rings. The molecule has 5 nitrogen and oxygen atoms in total. The van der Waals surface area contributed by atoms with Gasteiger partial charge < -0.3 is 10.2 Å². The Labute approximate surface area is 153 Å². The number of fused-ring (bicyclic) bond motifs is 3. The molecule has 1 amide bonds. The summed E-state index contributed by atoms with van der Waals surface area (Å²) in [5.74, 6) is 0.751. The van der Waals surface area contributed by atoms with E-state index in [1.807, 2.05) is 0 Å². The van der Waals surface area contributed by atoms with Gasteiger partial charge in [-0.3, -0.25) is 14.6 Å². The summed E-state index contributed by atoms with van der Waals surface area (Å²) in [6, 6.07) is 1.05. The van der Waals surface area contributed by atoms with E-state index in [4.69, 9.17) is 0 Å². The first kappa shape index (κ1) is 16.0. The Kier molecular flexibility index (Phi) is 3.66. The highest BCUT2D eigenvalue weighted by molar-refractivity contribution is 6.01. The zero-order valence-corrected chi connectivity index (χ0v) is 15.2. The minimum Gasteiger partial charge on any atom is -0.381 e. The lowest BCUT2D eigenvalue weighted by molar-refractivity contribution is -0.137. The predicted octanol–water partition coefficient (Wildman–Crippen LogP) is 3.20. The Bertz CT molecular complexity index is 798. The predicted molar refractivity (Wildman–Crippen MR) is 100 cm³/mol. The first-order chi connectivity index (χ1) is 12.6. The van der Waals surface area contributed by atoms with Crippen LogP contribution in [0.15, 0.2) is 12.3 Å². The average Bonchev–Trinajstić information content (AvgIpc) is 3.29. The van der Waals surface area contributed by atoms with Gasteiger partial charge in [-0.15, -0.1) is 0 Å². The van der Waals surface area contributed by atoms with Crippen LogP contribution >= 0.6 is 0 Å². The first-order valence-corrected chi connectivity index (χ1v) is 9.90. The lowest BCUT2D eigenvalue weighted by atomic mass is 9.95. The van der Waals surface area contributed by atoms with E-state index in [1.165, 1.54) is 0 Å². The van der Waals surface area contributed by atoms with Crippen LogP contribution in [0, 0.1) is 5.92 Å². The molecule has 0 unspecified atom stereocenters. The van der Waals surface area contributed by atoms with Crippen molar-refractivity contribution in [2.45, 2.75) is 70.0 Å². The van der Waals surface area contributed by atoms with Crippen molar-refractivity contribution in [3.8, 4) is 0 Å². The van der Waals surface area contributed by atoms with Gasteiger partial charge in [0.2, 0.25) is 5.91 Å². The summed E-state index contributed by atoms with van der Waals surface area (Å²) in [5.41, 5.74) is 3.74. The quantitative estimate of drug-likeness (QED) is 0.846. The number of carbonyl (C=O) groups is 2. The molecule has 0 aromatic carbocycles. The third-order valence-electron chi connectivity index (χ3n) is 6.44. The van der Waals surface area contributed by atoms with Crippen molar-refractivity contribution < 1.29 is 9.59 Å². The van der Waals surface area contributed by atoms with Gasteiger partial charge in [-0.1, -0.05) is 12.2 Å². The van der Waals surface area contributed by atoms with Crippen molar-refractivity contribution in [1.29, 1.82) is 0 Å². The summed E-state index contributed by atoms with van der Waals surface area (Å²) in [7, 11) is 0. The Morgan fingerprint density at radius 3 is 2.54 bits per heavy atom. The molecule has 2 bridgehead atoms. The van der Waals surface area contributed by atoms with E-state index in [1.54, 1.807) is 13.1 Å². The van der Waals surface area contributed by atoms with E-state index in [0.717, 1.165) is 61.9 Å². The fraction of sp³-hybridized carbons (Fsp3) is 0.571. The van der Waals surface area contributed by atoms with E-state index in [0.29, 0.717) is 35.5 Å². The van der Waals surface area contributed by atoms with E-state index >= 15 is 0 Å². The van der Waals surface area contributed by atoms with E-state index in [-0.39, 0.29) is 5.78 Å². The van der Waals surface area contributed by atoms with E-state index < -0.39 is 0 Å². The maximum absolute atomic E-state index is 12.6. The summed E-state index contributed by atoms with van der Waals surface area (Å²) in [6.07, 6.45) is 13.1. The van der Waals surface area contributed by atoms with Gasteiger partial charge in [-0.05, 0) is 45.4 Å². The highest BCUT2D eigenvalue weighted by Gasteiger charge is 2.47. The number of hydrogen-bond acceptors (Lipinski definition) is 4. The molecule has 2 atom stereocenters. The topological polar surface area (TPSA) is 62.3 Å². The van der Waals surface area contributed by atoms with Crippen molar-refractivity contribution in [3.63, 3.8) is 0 Å². The first-order valence-electron chi connectivity index (χ1n) is 9.90. The summed E-state index contributed by atoms with van der Waals surface area (Å²) in [5, 5.41) is 3.69. The highest BCUT2D eigenvalue weighted by atomic mass is 16.2. The van der Waals surface area contributed by atoms with Crippen LogP contribution in [0.3, 0.4) is 0 Å². The summed E-state index contributed by atoms with van der Waals surface area (Å²) >= 11 is 0. The Hall–Kier alpha value is -2.17. The number of nitrogens with zero attached hydrogens (tertiary/aromatic N) is 2. The number of carbonyl (C=O) groups excluding carboxylic acids is 2. The molecule has 4 aliphatic rings. The number of anilines is 1. The van der Waals surface area contributed by atoms with Crippen molar-refractivity contribution in [3.05, 3.63) is 29.1 Å². The Balaban J connectivity index is 1.39. The maximum Gasteiger partial charge on any atom is 0.226 e. The van der Waals surface area contributed by atoms with Gasteiger partial charge >= 0.3 is 0 Å². The number of piperidine rings is 1. The molecule has 26 heavy (non-hydrogen) atoms. The normalized spacial score (nSPS) is 29.0. The van der Waals surface area contributed by atoms with Crippen LogP contribution < -0.4 is 5.32 Å². The average molecular weight is 351 g/mol. The van der Waals surface area contributed by atoms with Crippen molar-refractivity contribution in [1.82, 2.24) is 9.88 Å². The molecule has 1 N–H and O–H groups in total. The van der Waals surface area contributed by atoms with Gasteiger partial charge in [-0.2, -0.15) is 0 Å². The van der Waals surface area contributed by atoms with Crippen LogP contribution in [0.4, 0.5) is 5.69 Å². The van der Waals surface area contributed by atoms with Crippen molar-refractivity contribution >= 4 is 23.5 Å². The van der Waals surface area contributed by atoms with Crippen LogP contribution in [0.5, 0.6) is 0 Å². The molecular weight excluding hydrogens is 326 g/mol. The Morgan fingerprint density at radius 1 is 1.15 bits per heavy atom. The number of pyridine rings is 1. The zero-order valence-electron chi connectivity index (χ0n) is 15.2. The van der Waals surface area contributed by atoms with Gasteiger partial charge in [0.15, 0.2) is 5.78 Å². The number of aromatic nitrogens is 1. The minimum absolute atomic E-state index is 0.0485. The van der Waals surface area contributed by atoms with Gasteiger partial charge in [0.1, 0.15) is 0 Å². The lowest BCUT2D eigenvalue weighted by Crippen LogP contribution is -2.50. The molecule has 5 heteroatoms. The fourth-order valence-corrected chi connectivity index (χ4v) is 5.02. The van der Waals surface area contributed by atoms with Gasteiger partial charge in [0.05, 0.1) is 16.9 Å². The largest absolute Gasteiger partial charge is 0.381 e. The molecule has 0 radical (unpaired) electrons. The molecule has 1 aromatic heterocycles. The number of allylic oxidation sites excluding steroid dienone is 1. The highest BCUT2D eigenvalue weighted by Crippen LogP contribution is 2.42. The van der Waals surface area contributed by atoms with E-state index in [9.17, 15) is 9.59 Å². The number of ketones is 1. The van der Waals surface area contributed by atoms with Crippen molar-refractivity contribution in [2.24, 2.45) is 5.92 Å². The van der Waals surface area contributed by atoms with E-state index in [2.05, 4.69) is 27.4 Å². The third kappa shape index (κ3) is 2.56. The number of nitrogens with one attached hydrogen (secondary N) is 1. The molecular formula is C21H25N3O2. The SMILES string of the molecule is CC(=O)c1cnc2c(c1NC1C[C@@H]3CC[C@@H](C1)N3C(=O)C1CC1)C=CC2. The third-order valence-corrected chi connectivity index (χ3v) is 6.44. The monoisotopic (exact) mass is 351 g/mol. The molecule has 2 aliphatic carbocycles. The number of amides is 1. The molecule has 5 rings (SSSR count). The Morgan fingerprint density at radius 2 is 1.88 bits per heavy atom. The molecule has 2 aliphatic heterocycles. The van der Waals surface area contributed by atoms with Crippen LogP contribution in [-0.4, -0.2) is 39.7 Å². The van der Waals surface area contributed by atoms with Crippen LogP contribution in [0.1, 0.15) is 67.1 Å². The number of Topliss-reactive ketones (excluding diaryl/α,β-unsaturated/α-hetero) is 1. The molecule has 1 saturated carbocycles. The number of hydrogen-bond donors (Lipinski definition) is 1. The number of rotatable bonds is 4. The van der Waals surface area contributed by atoms with Gasteiger partial charge in [0, 0.05) is 42.2 Å². The summed E-state index contributed by atoms with van der Waals surface area (Å²) < 4.78 is 0.